The molecule has 1 saturated carbocycles. The van der Waals surface area contributed by atoms with Gasteiger partial charge in [0, 0.05) is 25.1 Å². The van der Waals surface area contributed by atoms with Crippen molar-refractivity contribution in [1.29, 1.82) is 0 Å². The van der Waals surface area contributed by atoms with Crippen molar-refractivity contribution < 1.29 is 4.74 Å². The first-order valence-corrected chi connectivity index (χ1v) is 6.75. The van der Waals surface area contributed by atoms with E-state index in [1.807, 2.05) is 0 Å². The zero-order valence-electron chi connectivity index (χ0n) is 10.8. The van der Waals surface area contributed by atoms with Crippen LogP contribution in [0.25, 0.3) is 0 Å². The van der Waals surface area contributed by atoms with E-state index in [0.717, 1.165) is 49.9 Å². The van der Waals surface area contributed by atoms with Crippen molar-refractivity contribution >= 4 is 5.82 Å². The summed E-state index contributed by atoms with van der Waals surface area (Å²) in [5.41, 5.74) is 2.39. The van der Waals surface area contributed by atoms with Crippen LogP contribution in [0.3, 0.4) is 0 Å². The number of fused-ring (bicyclic) bond motifs is 1. The highest BCUT2D eigenvalue weighted by Gasteiger charge is 2.23. The maximum Gasteiger partial charge on any atom is 0.318 e. The molecule has 2 heterocycles. The number of nitrogens with zero attached hydrogens (tertiary/aromatic N) is 2. The van der Waals surface area contributed by atoms with E-state index in [2.05, 4.69) is 20.6 Å². The van der Waals surface area contributed by atoms with E-state index in [1.54, 1.807) is 7.11 Å². The number of nitrogens with one attached hydrogen (secondary N) is 2. The first-order chi connectivity index (χ1) is 8.86. The molecule has 0 saturated heterocycles. The highest BCUT2D eigenvalue weighted by molar-refractivity contribution is 5.48. The predicted octanol–water partition coefficient (Wildman–Crippen LogP) is 0.995. The van der Waals surface area contributed by atoms with Crippen molar-refractivity contribution in [2.45, 2.75) is 25.7 Å². The molecule has 0 amide bonds. The largest absolute Gasteiger partial charge is 0.467 e. The van der Waals surface area contributed by atoms with Gasteiger partial charge in [0.2, 0.25) is 0 Å². The van der Waals surface area contributed by atoms with Gasteiger partial charge in [0.15, 0.2) is 0 Å². The minimum atomic E-state index is 0.481. The topological polar surface area (TPSA) is 59.1 Å². The van der Waals surface area contributed by atoms with Crippen molar-refractivity contribution in [2.75, 3.05) is 32.1 Å². The zero-order valence-corrected chi connectivity index (χ0v) is 10.8. The Hall–Kier alpha value is -1.36. The standard InChI is InChI=1S/C13H20N4O/c1-18-13-16-11-5-7-14-6-4-10(11)12(17-13)15-8-9-2-3-9/h9,14H,2-8H2,1H3,(H,15,16,17). The third-order valence-corrected chi connectivity index (χ3v) is 3.60. The van der Waals surface area contributed by atoms with Gasteiger partial charge in [-0.25, -0.2) is 0 Å². The average Bonchev–Trinajstić information content (AvgIpc) is 3.22. The molecule has 0 aromatic carbocycles. The summed E-state index contributed by atoms with van der Waals surface area (Å²) in [6.45, 7) is 3.01. The Morgan fingerprint density at radius 1 is 1.28 bits per heavy atom. The van der Waals surface area contributed by atoms with E-state index in [0.29, 0.717) is 6.01 Å². The molecule has 5 nitrogen and oxygen atoms in total. The van der Waals surface area contributed by atoms with Crippen LogP contribution in [0.1, 0.15) is 24.1 Å². The summed E-state index contributed by atoms with van der Waals surface area (Å²) in [5.74, 6) is 1.82. The molecular formula is C13H20N4O. The van der Waals surface area contributed by atoms with Gasteiger partial charge in [0.25, 0.3) is 0 Å². The third-order valence-electron chi connectivity index (χ3n) is 3.60. The Morgan fingerprint density at radius 3 is 2.89 bits per heavy atom. The molecule has 98 valence electrons. The van der Waals surface area contributed by atoms with Crippen LogP contribution >= 0.6 is 0 Å². The van der Waals surface area contributed by atoms with Crippen molar-refractivity contribution in [2.24, 2.45) is 5.92 Å². The molecule has 0 spiro atoms. The number of aromatic nitrogens is 2. The van der Waals surface area contributed by atoms with E-state index in [9.17, 15) is 0 Å². The molecule has 2 N–H and O–H groups in total. The fraction of sp³-hybridized carbons (Fsp3) is 0.692. The first-order valence-electron chi connectivity index (χ1n) is 6.75. The number of hydrogen-bond acceptors (Lipinski definition) is 5. The molecule has 18 heavy (non-hydrogen) atoms. The van der Waals surface area contributed by atoms with E-state index in [-0.39, 0.29) is 0 Å². The molecule has 5 heteroatoms. The second kappa shape index (κ2) is 5.10. The molecule has 1 aromatic rings. The molecule has 2 aliphatic rings. The Bertz CT molecular complexity index is 431. The lowest BCUT2D eigenvalue weighted by Crippen LogP contribution is -2.16. The monoisotopic (exact) mass is 248 g/mol. The highest BCUT2D eigenvalue weighted by atomic mass is 16.5. The maximum absolute atomic E-state index is 5.20. The van der Waals surface area contributed by atoms with E-state index in [4.69, 9.17) is 4.74 Å². The molecule has 1 aliphatic heterocycles. The molecule has 0 radical (unpaired) electrons. The van der Waals surface area contributed by atoms with Crippen LogP contribution in [-0.2, 0) is 12.8 Å². The molecule has 0 bridgehead atoms. The van der Waals surface area contributed by atoms with Crippen molar-refractivity contribution in [1.82, 2.24) is 15.3 Å². The Morgan fingerprint density at radius 2 is 2.11 bits per heavy atom. The van der Waals surface area contributed by atoms with Crippen LogP contribution in [0, 0.1) is 5.92 Å². The summed E-state index contributed by atoms with van der Waals surface area (Å²) in [5, 5.41) is 6.88. The van der Waals surface area contributed by atoms with Crippen molar-refractivity contribution in [3.8, 4) is 6.01 Å². The van der Waals surface area contributed by atoms with Gasteiger partial charge < -0.3 is 15.4 Å². The summed E-state index contributed by atoms with van der Waals surface area (Å²) < 4.78 is 5.20. The highest BCUT2D eigenvalue weighted by Crippen LogP contribution is 2.30. The maximum atomic E-state index is 5.20. The minimum Gasteiger partial charge on any atom is -0.467 e. The second-order valence-corrected chi connectivity index (χ2v) is 5.06. The summed E-state index contributed by atoms with van der Waals surface area (Å²) >= 11 is 0. The number of rotatable bonds is 4. The van der Waals surface area contributed by atoms with Gasteiger partial charge in [-0.2, -0.15) is 9.97 Å². The summed E-state index contributed by atoms with van der Waals surface area (Å²) in [4.78, 5) is 8.96. The van der Waals surface area contributed by atoms with Crippen LogP contribution < -0.4 is 15.4 Å². The van der Waals surface area contributed by atoms with Crippen LogP contribution in [0.5, 0.6) is 6.01 Å². The first kappa shape index (κ1) is 11.7. The summed E-state index contributed by atoms with van der Waals surface area (Å²) in [7, 11) is 1.63. The van der Waals surface area contributed by atoms with Crippen molar-refractivity contribution in [3.05, 3.63) is 11.3 Å². The van der Waals surface area contributed by atoms with Gasteiger partial charge in [0.05, 0.1) is 12.8 Å². The quantitative estimate of drug-likeness (QED) is 0.832. The lowest BCUT2D eigenvalue weighted by atomic mass is 10.1. The fourth-order valence-corrected chi connectivity index (χ4v) is 2.32. The molecule has 1 fully saturated rings. The molecule has 3 rings (SSSR count). The van der Waals surface area contributed by atoms with Gasteiger partial charge >= 0.3 is 6.01 Å². The normalized spacial score (nSPS) is 18.9. The fourth-order valence-electron chi connectivity index (χ4n) is 2.32. The average molecular weight is 248 g/mol. The third kappa shape index (κ3) is 2.56. The SMILES string of the molecule is COc1nc2c(c(NCC3CC3)n1)CCNCC2. The van der Waals surface area contributed by atoms with Gasteiger partial charge in [-0.3, -0.25) is 0 Å². The number of methoxy groups -OCH3 is 1. The molecule has 1 aromatic heterocycles. The predicted molar refractivity (Wildman–Crippen MR) is 70.1 cm³/mol. The van der Waals surface area contributed by atoms with Gasteiger partial charge in [0.1, 0.15) is 5.82 Å². The lowest BCUT2D eigenvalue weighted by molar-refractivity contribution is 0.378. The molecule has 0 atom stereocenters. The van der Waals surface area contributed by atoms with E-state index in [1.165, 1.54) is 18.4 Å². The number of hydrogen-bond donors (Lipinski definition) is 2. The van der Waals surface area contributed by atoms with Crippen LogP contribution in [-0.4, -0.2) is 36.7 Å². The van der Waals surface area contributed by atoms with Crippen LogP contribution in [0.4, 0.5) is 5.82 Å². The number of ether oxygens (including phenoxy) is 1. The van der Waals surface area contributed by atoms with E-state index >= 15 is 0 Å². The summed E-state index contributed by atoms with van der Waals surface area (Å²) in [6, 6.07) is 0.481. The Balaban J connectivity index is 1.87. The van der Waals surface area contributed by atoms with Crippen molar-refractivity contribution in [3.63, 3.8) is 0 Å². The van der Waals surface area contributed by atoms with Crippen LogP contribution in [0.2, 0.25) is 0 Å². The Labute approximate surface area is 107 Å². The van der Waals surface area contributed by atoms with Crippen LogP contribution in [0.15, 0.2) is 0 Å². The van der Waals surface area contributed by atoms with Gasteiger partial charge in [-0.05, 0) is 31.7 Å². The smallest absolute Gasteiger partial charge is 0.318 e. The molecular weight excluding hydrogens is 228 g/mol. The minimum absolute atomic E-state index is 0.481. The number of anilines is 1. The van der Waals surface area contributed by atoms with Gasteiger partial charge in [-0.15, -0.1) is 0 Å². The second-order valence-electron chi connectivity index (χ2n) is 5.06. The zero-order chi connectivity index (χ0) is 12.4. The van der Waals surface area contributed by atoms with Gasteiger partial charge in [-0.1, -0.05) is 0 Å². The summed E-state index contributed by atoms with van der Waals surface area (Å²) in [6.07, 6.45) is 4.64. The molecule has 0 unspecified atom stereocenters. The lowest BCUT2D eigenvalue weighted by Gasteiger charge is -2.13. The van der Waals surface area contributed by atoms with E-state index < -0.39 is 0 Å². The molecule has 1 aliphatic carbocycles. The Kier molecular flexibility index (Phi) is 3.32.